The number of aromatic nitrogens is 4. The molecule has 0 radical (unpaired) electrons. The third-order valence-electron chi connectivity index (χ3n) is 5.06. The number of fused-ring (bicyclic) bond motifs is 2. The maximum atomic E-state index is 13.1. The summed E-state index contributed by atoms with van der Waals surface area (Å²) >= 11 is 0. The Kier molecular flexibility index (Phi) is 3.49. The summed E-state index contributed by atoms with van der Waals surface area (Å²) in [6, 6.07) is 0. The Balaban J connectivity index is 1.66. The van der Waals surface area contributed by atoms with Crippen LogP contribution >= 0.6 is 0 Å². The molecule has 0 unspecified atom stereocenters. The first kappa shape index (κ1) is 15.4. The fraction of sp³-hybridized carbons (Fsp3) is 0.588. The van der Waals surface area contributed by atoms with Gasteiger partial charge in [0.2, 0.25) is 0 Å². The standard InChI is InChI=1S/C17H23N5O2/c1-10-8-18-14-9-21(5-6-22(10)14)17(23)15-13-7-11(2)24-12(3)16(13)20(4)19-15/h8,11-12H,5-7,9H2,1-4H3/t11-,12+/m1/s1. The molecule has 24 heavy (non-hydrogen) atoms. The molecule has 2 atom stereocenters. The predicted octanol–water partition coefficient (Wildman–Crippen LogP) is 1.60. The van der Waals surface area contributed by atoms with Gasteiger partial charge in [0.05, 0.1) is 24.4 Å². The van der Waals surface area contributed by atoms with Gasteiger partial charge >= 0.3 is 0 Å². The molecule has 4 rings (SSSR count). The minimum atomic E-state index is -0.0364. The van der Waals surface area contributed by atoms with Gasteiger partial charge in [0.25, 0.3) is 5.91 Å². The summed E-state index contributed by atoms with van der Waals surface area (Å²) in [5, 5.41) is 4.53. The summed E-state index contributed by atoms with van der Waals surface area (Å²) in [6.45, 7) is 8.13. The maximum Gasteiger partial charge on any atom is 0.275 e. The van der Waals surface area contributed by atoms with Crippen molar-refractivity contribution in [2.45, 2.75) is 52.5 Å². The molecule has 7 nitrogen and oxygen atoms in total. The Bertz CT molecular complexity index is 806. The van der Waals surface area contributed by atoms with E-state index in [-0.39, 0.29) is 18.1 Å². The number of hydrogen-bond donors (Lipinski definition) is 0. The van der Waals surface area contributed by atoms with Crippen LogP contribution in [-0.2, 0) is 31.3 Å². The zero-order valence-corrected chi connectivity index (χ0v) is 14.6. The number of carbonyl (C=O) groups excluding carboxylic acids is 1. The highest BCUT2D eigenvalue weighted by atomic mass is 16.5. The third-order valence-corrected chi connectivity index (χ3v) is 5.06. The molecule has 0 saturated carbocycles. The molecule has 128 valence electrons. The molecule has 1 amide bonds. The Labute approximate surface area is 141 Å². The van der Waals surface area contributed by atoms with Crippen LogP contribution in [0, 0.1) is 6.92 Å². The van der Waals surface area contributed by atoms with Gasteiger partial charge in [0, 0.05) is 44.0 Å². The van der Waals surface area contributed by atoms with E-state index < -0.39 is 0 Å². The number of imidazole rings is 1. The summed E-state index contributed by atoms with van der Waals surface area (Å²) in [6.07, 6.45) is 2.67. The van der Waals surface area contributed by atoms with Crippen LogP contribution in [0.25, 0.3) is 0 Å². The van der Waals surface area contributed by atoms with Crippen LogP contribution in [0.4, 0.5) is 0 Å². The average molecular weight is 329 g/mol. The van der Waals surface area contributed by atoms with Crippen molar-refractivity contribution >= 4 is 5.91 Å². The predicted molar refractivity (Wildman–Crippen MR) is 87.6 cm³/mol. The molecule has 0 saturated heterocycles. The fourth-order valence-electron chi connectivity index (χ4n) is 3.95. The summed E-state index contributed by atoms with van der Waals surface area (Å²) in [5.74, 6) is 0.946. The number of hydrogen-bond acceptors (Lipinski definition) is 4. The Morgan fingerprint density at radius 2 is 2.12 bits per heavy atom. The van der Waals surface area contributed by atoms with Crippen LogP contribution in [0.15, 0.2) is 6.20 Å². The van der Waals surface area contributed by atoms with Crippen molar-refractivity contribution in [3.63, 3.8) is 0 Å². The molecule has 0 aliphatic carbocycles. The van der Waals surface area contributed by atoms with Crippen molar-refractivity contribution in [1.82, 2.24) is 24.2 Å². The van der Waals surface area contributed by atoms with Crippen molar-refractivity contribution in [2.75, 3.05) is 6.54 Å². The van der Waals surface area contributed by atoms with Crippen LogP contribution in [0.3, 0.4) is 0 Å². The van der Waals surface area contributed by atoms with E-state index in [0.29, 0.717) is 18.8 Å². The van der Waals surface area contributed by atoms with Crippen molar-refractivity contribution in [3.8, 4) is 0 Å². The maximum absolute atomic E-state index is 13.1. The number of rotatable bonds is 1. The van der Waals surface area contributed by atoms with E-state index in [9.17, 15) is 4.79 Å². The Morgan fingerprint density at radius 3 is 2.92 bits per heavy atom. The van der Waals surface area contributed by atoms with Gasteiger partial charge in [-0.25, -0.2) is 4.98 Å². The van der Waals surface area contributed by atoms with Gasteiger partial charge in [0.1, 0.15) is 5.82 Å². The number of aryl methyl sites for hydroxylation is 2. The highest BCUT2D eigenvalue weighted by Gasteiger charge is 2.34. The van der Waals surface area contributed by atoms with E-state index in [1.807, 2.05) is 38.9 Å². The van der Waals surface area contributed by atoms with Gasteiger partial charge in [-0.15, -0.1) is 0 Å². The van der Waals surface area contributed by atoms with Crippen LogP contribution in [0.2, 0.25) is 0 Å². The lowest BCUT2D eigenvalue weighted by atomic mass is 9.99. The molecule has 7 heteroatoms. The normalized spacial score (nSPS) is 23.1. The summed E-state index contributed by atoms with van der Waals surface area (Å²) < 4.78 is 9.86. The quantitative estimate of drug-likeness (QED) is 0.797. The third kappa shape index (κ3) is 2.26. The Hall–Kier alpha value is -2.15. The summed E-state index contributed by atoms with van der Waals surface area (Å²) in [7, 11) is 1.89. The van der Waals surface area contributed by atoms with Gasteiger partial charge in [0.15, 0.2) is 5.69 Å². The van der Waals surface area contributed by atoms with Crippen molar-refractivity contribution in [3.05, 3.63) is 34.7 Å². The Morgan fingerprint density at radius 1 is 1.33 bits per heavy atom. The molecule has 0 spiro atoms. The van der Waals surface area contributed by atoms with E-state index >= 15 is 0 Å². The van der Waals surface area contributed by atoms with Crippen LogP contribution < -0.4 is 0 Å². The van der Waals surface area contributed by atoms with Crippen LogP contribution in [0.1, 0.15) is 53.2 Å². The zero-order chi connectivity index (χ0) is 17.0. The largest absolute Gasteiger partial charge is 0.369 e. The second kappa shape index (κ2) is 5.44. The SMILES string of the molecule is Cc1cnc2n1CCN(C(=O)c1nn(C)c3c1C[C@@H](C)O[C@H]3C)C2. The van der Waals surface area contributed by atoms with Crippen LogP contribution in [-0.4, -0.2) is 42.8 Å². The molecule has 0 fully saturated rings. The molecule has 0 N–H and O–H groups in total. The molecule has 2 aliphatic heterocycles. The molecule has 2 aromatic rings. The van der Waals surface area contributed by atoms with Gasteiger partial charge in [-0.1, -0.05) is 0 Å². The number of ether oxygens (including phenoxy) is 1. The highest BCUT2D eigenvalue weighted by molar-refractivity contribution is 5.94. The second-order valence-corrected chi connectivity index (χ2v) is 6.82. The number of nitrogens with zero attached hydrogens (tertiary/aromatic N) is 5. The van der Waals surface area contributed by atoms with E-state index in [0.717, 1.165) is 35.7 Å². The first-order valence-electron chi connectivity index (χ1n) is 8.47. The molecule has 2 aliphatic rings. The lowest BCUT2D eigenvalue weighted by molar-refractivity contribution is -0.00907. The lowest BCUT2D eigenvalue weighted by Crippen LogP contribution is -2.39. The van der Waals surface area contributed by atoms with Crippen LogP contribution in [0.5, 0.6) is 0 Å². The summed E-state index contributed by atoms with van der Waals surface area (Å²) in [5.41, 5.74) is 3.78. The highest BCUT2D eigenvalue weighted by Crippen LogP contribution is 2.32. The molecular weight excluding hydrogens is 306 g/mol. The van der Waals surface area contributed by atoms with E-state index in [1.54, 1.807) is 4.68 Å². The minimum Gasteiger partial charge on any atom is -0.369 e. The van der Waals surface area contributed by atoms with Crippen molar-refractivity contribution < 1.29 is 9.53 Å². The first-order valence-corrected chi connectivity index (χ1v) is 8.47. The van der Waals surface area contributed by atoms with Crippen molar-refractivity contribution in [2.24, 2.45) is 7.05 Å². The monoisotopic (exact) mass is 329 g/mol. The van der Waals surface area contributed by atoms with E-state index in [2.05, 4.69) is 14.6 Å². The van der Waals surface area contributed by atoms with Gasteiger partial charge in [-0.05, 0) is 20.8 Å². The molecule has 4 heterocycles. The molecule has 2 aromatic heterocycles. The summed E-state index contributed by atoms with van der Waals surface area (Å²) in [4.78, 5) is 19.4. The van der Waals surface area contributed by atoms with Gasteiger partial charge in [-0.3, -0.25) is 9.48 Å². The average Bonchev–Trinajstić information content (AvgIpc) is 3.07. The second-order valence-electron chi connectivity index (χ2n) is 6.82. The number of carbonyl (C=O) groups is 1. The fourth-order valence-corrected chi connectivity index (χ4v) is 3.95. The topological polar surface area (TPSA) is 65.2 Å². The van der Waals surface area contributed by atoms with E-state index in [1.165, 1.54) is 0 Å². The molecular formula is C17H23N5O2. The van der Waals surface area contributed by atoms with Gasteiger partial charge < -0.3 is 14.2 Å². The molecule has 0 bridgehead atoms. The van der Waals surface area contributed by atoms with Crippen molar-refractivity contribution in [1.29, 1.82) is 0 Å². The lowest BCUT2D eigenvalue weighted by Gasteiger charge is -2.29. The molecule has 0 aromatic carbocycles. The first-order chi connectivity index (χ1) is 11.5. The zero-order valence-electron chi connectivity index (χ0n) is 14.6. The van der Waals surface area contributed by atoms with Gasteiger partial charge in [-0.2, -0.15) is 5.10 Å². The number of amides is 1. The smallest absolute Gasteiger partial charge is 0.275 e. The van der Waals surface area contributed by atoms with E-state index in [4.69, 9.17) is 4.74 Å². The minimum absolute atomic E-state index is 0.0000491.